The van der Waals surface area contributed by atoms with Crippen LogP contribution in [-0.4, -0.2) is 35.0 Å². The SMILES string of the molecule is Cc1ccc(N2C(=O)NC(=O)/C(=C\c3ccc(O[C@H](C)C(=O)O)cc3)C2=O)cc1C. The number of benzene rings is 2. The Balaban J connectivity index is 1.88. The number of nitrogens with zero attached hydrogens (tertiary/aromatic N) is 1. The Morgan fingerprint density at radius 3 is 2.33 bits per heavy atom. The summed E-state index contributed by atoms with van der Waals surface area (Å²) >= 11 is 0. The minimum Gasteiger partial charge on any atom is -0.479 e. The molecule has 1 atom stereocenters. The molecule has 1 fully saturated rings. The van der Waals surface area contributed by atoms with Crippen LogP contribution in [0.3, 0.4) is 0 Å². The number of carbonyl (C=O) groups is 4. The molecule has 0 unspecified atom stereocenters. The number of urea groups is 1. The number of amides is 4. The first-order valence-electron chi connectivity index (χ1n) is 9.15. The smallest absolute Gasteiger partial charge is 0.344 e. The number of imide groups is 2. The van der Waals surface area contributed by atoms with E-state index < -0.39 is 29.9 Å². The van der Waals surface area contributed by atoms with Gasteiger partial charge in [0.1, 0.15) is 11.3 Å². The summed E-state index contributed by atoms with van der Waals surface area (Å²) in [6.45, 7) is 5.18. The maximum atomic E-state index is 12.9. The molecule has 2 aromatic rings. The van der Waals surface area contributed by atoms with Crippen LogP contribution in [-0.2, 0) is 14.4 Å². The van der Waals surface area contributed by atoms with E-state index in [0.717, 1.165) is 16.0 Å². The van der Waals surface area contributed by atoms with Gasteiger partial charge in [0.2, 0.25) is 0 Å². The Kier molecular flexibility index (Phi) is 5.68. The minimum absolute atomic E-state index is 0.194. The molecule has 0 radical (unpaired) electrons. The van der Waals surface area contributed by atoms with Crippen molar-refractivity contribution in [3.05, 3.63) is 64.7 Å². The van der Waals surface area contributed by atoms with Crippen molar-refractivity contribution >= 4 is 35.6 Å². The van der Waals surface area contributed by atoms with E-state index in [1.807, 2.05) is 13.8 Å². The zero-order valence-corrected chi connectivity index (χ0v) is 16.6. The highest BCUT2D eigenvalue weighted by molar-refractivity contribution is 6.39. The Labute approximate surface area is 172 Å². The van der Waals surface area contributed by atoms with Crippen molar-refractivity contribution in [1.29, 1.82) is 0 Å². The van der Waals surface area contributed by atoms with Crippen LogP contribution in [0.4, 0.5) is 10.5 Å². The third-order valence-corrected chi connectivity index (χ3v) is 4.70. The number of hydrogen-bond acceptors (Lipinski definition) is 5. The molecule has 1 aliphatic rings. The predicted octanol–water partition coefficient (Wildman–Crippen LogP) is 2.82. The molecule has 154 valence electrons. The van der Waals surface area contributed by atoms with Gasteiger partial charge in [-0.15, -0.1) is 0 Å². The van der Waals surface area contributed by atoms with Crippen molar-refractivity contribution < 1.29 is 29.0 Å². The number of barbiturate groups is 1. The molecule has 3 rings (SSSR count). The quantitative estimate of drug-likeness (QED) is 0.581. The molecule has 0 aliphatic carbocycles. The van der Waals surface area contributed by atoms with Gasteiger partial charge in [-0.3, -0.25) is 14.9 Å². The summed E-state index contributed by atoms with van der Waals surface area (Å²) in [4.78, 5) is 49.3. The van der Waals surface area contributed by atoms with Crippen molar-refractivity contribution in [1.82, 2.24) is 5.32 Å². The number of hydrogen-bond donors (Lipinski definition) is 2. The molecule has 1 heterocycles. The molecule has 4 amide bonds. The number of ether oxygens (including phenoxy) is 1. The molecule has 0 spiro atoms. The first kappa shape index (κ1) is 20.8. The number of rotatable bonds is 5. The van der Waals surface area contributed by atoms with Gasteiger partial charge in [0.25, 0.3) is 11.8 Å². The van der Waals surface area contributed by atoms with E-state index in [9.17, 15) is 19.2 Å². The van der Waals surface area contributed by atoms with Gasteiger partial charge >= 0.3 is 12.0 Å². The highest BCUT2D eigenvalue weighted by Crippen LogP contribution is 2.24. The number of aliphatic carboxylic acids is 1. The Bertz CT molecular complexity index is 1070. The average molecular weight is 408 g/mol. The van der Waals surface area contributed by atoms with Crippen molar-refractivity contribution in [3.8, 4) is 5.75 Å². The maximum Gasteiger partial charge on any atom is 0.344 e. The first-order chi connectivity index (χ1) is 14.2. The molecule has 0 aromatic heterocycles. The van der Waals surface area contributed by atoms with E-state index >= 15 is 0 Å². The Hall–Kier alpha value is -3.94. The minimum atomic E-state index is -1.10. The van der Waals surface area contributed by atoms with Gasteiger partial charge in [-0.2, -0.15) is 0 Å². The summed E-state index contributed by atoms with van der Waals surface area (Å²) in [5.41, 5.74) is 2.60. The number of anilines is 1. The lowest BCUT2D eigenvalue weighted by molar-refractivity contribution is -0.144. The van der Waals surface area contributed by atoms with Crippen LogP contribution >= 0.6 is 0 Å². The van der Waals surface area contributed by atoms with Crippen LogP contribution in [0, 0.1) is 13.8 Å². The number of aryl methyl sites for hydroxylation is 2. The summed E-state index contributed by atoms with van der Waals surface area (Å²) < 4.78 is 5.25. The Morgan fingerprint density at radius 1 is 1.07 bits per heavy atom. The summed E-state index contributed by atoms with van der Waals surface area (Å²) in [6, 6.07) is 10.5. The monoisotopic (exact) mass is 408 g/mol. The van der Waals surface area contributed by atoms with Crippen LogP contribution in [0.5, 0.6) is 5.75 Å². The molecular formula is C22H20N2O6. The summed E-state index contributed by atoms with van der Waals surface area (Å²) in [7, 11) is 0. The van der Waals surface area contributed by atoms with Crippen LogP contribution in [0.1, 0.15) is 23.6 Å². The van der Waals surface area contributed by atoms with Crippen molar-refractivity contribution in [2.45, 2.75) is 26.9 Å². The third-order valence-electron chi connectivity index (χ3n) is 4.70. The van der Waals surface area contributed by atoms with Crippen LogP contribution < -0.4 is 15.0 Å². The number of carbonyl (C=O) groups excluding carboxylic acids is 3. The third kappa shape index (κ3) is 4.22. The van der Waals surface area contributed by atoms with Gasteiger partial charge in [0.05, 0.1) is 5.69 Å². The molecule has 30 heavy (non-hydrogen) atoms. The molecule has 8 nitrogen and oxygen atoms in total. The van der Waals surface area contributed by atoms with Gasteiger partial charge in [-0.05, 0) is 67.8 Å². The maximum absolute atomic E-state index is 12.9. The second-order valence-electron chi connectivity index (χ2n) is 6.89. The predicted molar refractivity (Wildman–Crippen MR) is 109 cm³/mol. The van der Waals surface area contributed by atoms with E-state index in [1.165, 1.54) is 25.1 Å². The molecule has 2 aromatic carbocycles. The number of carboxylic acid groups (broad SMARTS) is 1. The normalized spacial score (nSPS) is 16.4. The standard InChI is InChI=1S/C22H20N2O6/c1-12-4-7-16(10-13(12)2)24-20(26)18(19(25)23-22(24)29)11-15-5-8-17(9-6-15)30-14(3)21(27)28/h4-11,14H,1-3H3,(H,27,28)(H,23,25,29)/b18-11+/t14-/m1/s1. The topological polar surface area (TPSA) is 113 Å². The fourth-order valence-electron chi connectivity index (χ4n) is 2.82. The summed E-state index contributed by atoms with van der Waals surface area (Å²) in [5, 5.41) is 11.1. The van der Waals surface area contributed by atoms with Gasteiger partial charge in [0.15, 0.2) is 6.10 Å². The average Bonchev–Trinajstić information content (AvgIpc) is 2.69. The fourth-order valence-corrected chi connectivity index (χ4v) is 2.82. The first-order valence-corrected chi connectivity index (χ1v) is 9.15. The molecule has 8 heteroatoms. The molecule has 0 bridgehead atoms. The second kappa shape index (κ2) is 8.20. The van der Waals surface area contributed by atoms with E-state index in [-0.39, 0.29) is 5.57 Å². The highest BCUT2D eigenvalue weighted by atomic mass is 16.5. The van der Waals surface area contributed by atoms with Gasteiger partial charge < -0.3 is 9.84 Å². The van der Waals surface area contributed by atoms with Crippen LogP contribution in [0.15, 0.2) is 48.0 Å². The number of nitrogens with one attached hydrogen (secondary N) is 1. The van der Waals surface area contributed by atoms with Crippen molar-refractivity contribution in [2.75, 3.05) is 4.90 Å². The summed E-state index contributed by atoms with van der Waals surface area (Å²) in [5.74, 6) is -2.28. The van der Waals surface area contributed by atoms with Gasteiger partial charge in [0, 0.05) is 0 Å². The van der Waals surface area contributed by atoms with E-state index in [0.29, 0.717) is 17.0 Å². The van der Waals surface area contributed by atoms with E-state index in [1.54, 1.807) is 30.3 Å². The van der Waals surface area contributed by atoms with Crippen LogP contribution in [0.2, 0.25) is 0 Å². The summed E-state index contributed by atoms with van der Waals surface area (Å²) in [6.07, 6.45) is 0.347. The lowest BCUT2D eigenvalue weighted by atomic mass is 10.1. The van der Waals surface area contributed by atoms with Crippen molar-refractivity contribution in [2.24, 2.45) is 0 Å². The molecule has 1 saturated heterocycles. The van der Waals surface area contributed by atoms with Gasteiger partial charge in [-0.25, -0.2) is 14.5 Å². The highest BCUT2D eigenvalue weighted by Gasteiger charge is 2.36. The van der Waals surface area contributed by atoms with Gasteiger partial charge in [-0.1, -0.05) is 18.2 Å². The van der Waals surface area contributed by atoms with E-state index in [2.05, 4.69) is 5.32 Å². The van der Waals surface area contributed by atoms with E-state index in [4.69, 9.17) is 9.84 Å². The Morgan fingerprint density at radius 2 is 1.73 bits per heavy atom. The number of carboxylic acids is 1. The molecular weight excluding hydrogens is 388 g/mol. The van der Waals surface area contributed by atoms with Crippen molar-refractivity contribution in [3.63, 3.8) is 0 Å². The zero-order chi connectivity index (χ0) is 22.0. The lowest BCUT2D eigenvalue weighted by Gasteiger charge is -2.26. The second-order valence-corrected chi connectivity index (χ2v) is 6.89. The zero-order valence-electron chi connectivity index (χ0n) is 16.6. The lowest BCUT2D eigenvalue weighted by Crippen LogP contribution is -2.54. The van der Waals surface area contributed by atoms with Crippen LogP contribution in [0.25, 0.3) is 6.08 Å². The molecule has 2 N–H and O–H groups in total. The molecule has 1 aliphatic heterocycles. The molecule has 0 saturated carbocycles. The fraction of sp³-hybridized carbons (Fsp3) is 0.182. The largest absolute Gasteiger partial charge is 0.479 e.